The van der Waals surface area contributed by atoms with Gasteiger partial charge in [-0.15, -0.1) is 0 Å². The number of para-hydroxylation sites is 1. The Bertz CT molecular complexity index is 1270. The monoisotopic (exact) mass is 414 g/mol. The fraction of sp³-hybridized carbons (Fsp3) is 0.217. The van der Waals surface area contributed by atoms with Crippen LogP contribution in [0.15, 0.2) is 60.9 Å². The molecule has 4 heterocycles. The van der Waals surface area contributed by atoms with Gasteiger partial charge in [0.1, 0.15) is 12.4 Å². The number of hydrogen-bond acceptors (Lipinski definition) is 4. The number of rotatable bonds is 5. The van der Waals surface area contributed by atoms with Crippen LogP contribution in [0.4, 0.5) is 5.82 Å². The zero-order valence-corrected chi connectivity index (χ0v) is 17.2. The van der Waals surface area contributed by atoms with Crippen molar-refractivity contribution >= 4 is 28.5 Å². The molecule has 1 aromatic carbocycles. The van der Waals surface area contributed by atoms with Gasteiger partial charge in [-0.05, 0) is 18.2 Å². The minimum atomic E-state index is -0.236. The van der Waals surface area contributed by atoms with E-state index in [1.54, 1.807) is 6.20 Å². The number of nitrogens with one attached hydrogen (secondary N) is 1. The Morgan fingerprint density at radius 3 is 2.84 bits per heavy atom. The van der Waals surface area contributed by atoms with Crippen LogP contribution in [0.1, 0.15) is 12.1 Å². The van der Waals surface area contributed by atoms with Crippen LogP contribution >= 0.6 is 0 Å². The lowest BCUT2D eigenvalue weighted by atomic mass is 10.1. The van der Waals surface area contributed by atoms with E-state index in [1.807, 2.05) is 54.3 Å². The van der Waals surface area contributed by atoms with Gasteiger partial charge in [-0.3, -0.25) is 19.5 Å². The largest absolute Gasteiger partial charge is 0.350 e. The molecule has 0 radical (unpaired) electrons. The first-order chi connectivity index (χ1) is 15.1. The number of carbonyl (C=O) groups is 2. The van der Waals surface area contributed by atoms with Crippen LogP contribution in [0.2, 0.25) is 0 Å². The van der Waals surface area contributed by atoms with E-state index in [4.69, 9.17) is 5.10 Å². The first-order valence-corrected chi connectivity index (χ1v) is 10.2. The standard InChI is InChI=1S/C23H22N6O2/c1-27-14-18(17-7-2-3-8-20(17)27)19-12-22-28(23(31)9-11-29(22)26-19)15-21(30)25-13-16-6-4-5-10-24-16/h2-8,10,12,14H,9,11,13,15H2,1H3,(H,25,30). The second kappa shape index (κ2) is 7.71. The number of aromatic nitrogens is 4. The van der Waals surface area contributed by atoms with Crippen LogP contribution in [0.5, 0.6) is 0 Å². The third kappa shape index (κ3) is 3.56. The van der Waals surface area contributed by atoms with E-state index < -0.39 is 0 Å². The number of anilines is 1. The molecule has 0 fully saturated rings. The van der Waals surface area contributed by atoms with E-state index in [1.165, 1.54) is 4.90 Å². The predicted molar refractivity (Wildman–Crippen MR) is 117 cm³/mol. The Balaban J connectivity index is 1.40. The van der Waals surface area contributed by atoms with Crippen LogP contribution in [0.3, 0.4) is 0 Å². The summed E-state index contributed by atoms with van der Waals surface area (Å²) in [6, 6.07) is 15.6. The number of aryl methyl sites for hydroxylation is 2. The highest BCUT2D eigenvalue weighted by Gasteiger charge is 2.28. The summed E-state index contributed by atoms with van der Waals surface area (Å²) in [7, 11) is 2.00. The molecule has 0 spiro atoms. The molecular weight excluding hydrogens is 392 g/mol. The molecule has 0 atom stereocenters. The lowest BCUT2D eigenvalue weighted by Gasteiger charge is -2.26. The highest BCUT2D eigenvalue weighted by molar-refractivity contribution is 6.00. The first kappa shape index (κ1) is 19.0. The fourth-order valence-corrected chi connectivity index (χ4v) is 3.99. The highest BCUT2D eigenvalue weighted by atomic mass is 16.2. The number of carbonyl (C=O) groups excluding carboxylic acids is 2. The maximum absolute atomic E-state index is 12.6. The smallest absolute Gasteiger partial charge is 0.240 e. The average molecular weight is 414 g/mol. The number of benzene rings is 1. The van der Waals surface area contributed by atoms with Gasteiger partial charge in [0.05, 0.1) is 24.5 Å². The van der Waals surface area contributed by atoms with Gasteiger partial charge < -0.3 is 9.88 Å². The molecule has 5 rings (SSSR count). The summed E-state index contributed by atoms with van der Waals surface area (Å²) in [5.74, 6) is 0.331. The van der Waals surface area contributed by atoms with Gasteiger partial charge in [0, 0.05) is 48.4 Å². The summed E-state index contributed by atoms with van der Waals surface area (Å²) in [6.07, 6.45) is 4.05. The summed E-state index contributed by atoms with van der Waals surface area (Å²) in [5, 5.41) is 8.68. The van der Waals surface area contributed by atoms with Gasteiger partial charge >= 0.3 is 0 Å². The molecule has 3 aromatic heterocycles. The van der Waals surface area contributed by atoms with Gasteiger partial charge in [0.25, 0.3) is 0 Å². The van der Waals surface area contributed by atoms with E-state index in [2.05, 4.69) is 27.0 Å². The normalized spacial score (nSPS) is 13.5. The number of nitrogens with zero attached hydrogens (tertiary/aromatic N) is 5. The molecule has 31 heavy (non-hydrogen) atoms. The molecule has 0 saturated carbocycles. The van der Waals surface area contributed by atoms with Crippen LogP contribution in [0, 0.1) is 0 Å². The van der Waals surface area contributed by atoms with Gasteiger partial charge in [-0.1, -0.05) is 24.3 Å². The molecule has 8 nitrogen and oxygen atoms in total. The van der Waals surface area contributed by atoms with Crippen molar-refractivity contribution in [1.29, 1.82) is 0 Å². The quantitative estimate of drug-likeness (QED) is 0.544. The van der Waals surface area contributed by atoms with E-state index in [9.17, 15) is 9.59 Å². The van der Waals surface area contributed by atoms with Crippen molar-refractivity contribution in [2.45, 2.75) is 19.5 Å². The molecule has 4 aromatic rings. The Hall–Kier alpha value is -3.94. The fourth-order valence-electron chi connectivity index (χ4n) is 3.99. The number of amides is 2. The maximum Gasteiger partial charge on any atom is 0.240 e. The molecule has 8 heteroatoms. The van der Waals surface area contributed by atoms with E-state index >= 15 is 0 Å². The zero-order valence-electron chi connectivity index (χ0n) is 17.2. The van der Waals surface area contributed by atoms with Gasteiger partial charge in [-0.25, -0.2) is 4.68 Å². The lowest BCUT2D eigenvalue weighted by molar-refractivity contribution is -0.124. The molecule has 0 aliphatic carbocycles. The molecule has 0 unspecified atom stereocenters. The van der Waals surface area contributed by atoms with Crippen LogP contribution in [0.25, 0.3) is 22.2 Å². The van der Waals surface area contributed by atoms with Crippen LogP contribution in [-0.4, -0.2) is 37.7 Å². The van der Waals surface area contributed by atoms with Gasteiger partial charge in [0.15, 0.2) is 0 Å². The lowest BCUT2D eigenvalue weighted by Crippen LogP contribution is -2.44. The Labute approximate surface area is 179 Å². The molecule has 156 valence electrons. The first-order valence-electron chi connectivity index (χ1n) is 10.2. The second-order valence-electron chi connectivity index (χ2n) is 7.61. The van der Waals surface area contributed by atoms with Crippen LogP contribution in [-0.2, 0) is 29.7 Å². The molecule has 0 bridgehead atoms. The van der Waals surface area contributed by atoms with Gasteiger partial charge in [0.2, 0.25) is 11.8 Å². The molecular formula is C23H22N6O2. The molecule has 1 N–H and O–H groups in total. The minimum Gasteiger partial charge on any atom is -0.350 e. The Kier molecular flexibility index (Phi) is 4.74. The molecule has 1 aliphatic rings. The summed E-state index contributed by atoms with van der Waals surface area (Å²) in [6.45, 7) is 0.777. The van der Waals surface area contributed by atoms with Crippen molar-refractivity contribution in [3.8, 4) is 11.3 Å². The van der Waals surface area contributed by atoms with Crippen molar-refractivity contribution < 1.29 is 9.59 Å². The van der Waals surface area contributed by atoms with Crippen molar-refractivity contribution in [1.82, 2.24) is 24.6 Å². The highest BCUT2D eigenvalue weighted by Crippen LogP contribution is 2.33. The topological polar surface area (TPSA) is 85.0 Å². The van der Waals surface area contributed by atoms with E-state index in [0.717, 1.165) is 27.9 Å². The number of pyridine rings is 1. The third-order valence-electron chi connectivity index (χ3n) is 5.54. The van der Waals surface area contributed by atoms with E-state index in [-0.39, 0.29) is 18.4 Å². The molecule has 1 aliphatic heterocycles. The summed E-state index contributed by atoms with van der Waals surface area (Å²) < 4.78 is 3.88. The maximum atomic E-state index is 12.6. The minimum absolute atomic E-state index is 0.0493. The van der Waals surface area contributed by atoms with Crippen LogP contribution < -0.4 is 10.2 Å². The number of fused-ring (bicyclic) bond motifs is 2. The molecule has 2 amide bonds. The summed E-state index contributed by atoms with van der Waals surface area (Å²) >= 11 is 0. The zero-order chi connectivity index (χ0) is 21.4. The number of hydrogen-bond donors (Lipinski definition) is 1. The Morgan fingerprint density at radius 1 is 1.16 bits per heavy atom. The third-order valence-corrected chi connectivity index (χ3v) is 5.54. The Morgan fingerprint density at radius 2 is 2.00 bits per heavy atom. The van der Waals surface area contributed by atoms with Crippen molar-refractivity contribution in [3.05, 3.63) is 66.6 Å². The molecule has 0 saturated heterocycles. The van der Waals surface area contributed by atoms with E-state index in [0.29, 0.717) is 25.3 Å². The SMILES string of the molecule is Cn1cc(-c2cc3n(n2)CCC(=O)N3CC(=O)NCc2ccccn2)c2ccccc21. The summed E-state index contributed by atoms with van der Waals surface area (Å²) in [4.78, 5) is 30.9. The predicted octanol–water partition coefficient (Wildman–Crippen LogP) is 2.49. The second-order valence-corrected chi connectivity index (χ2v) is 7.61. The van der Waals surface area contributed by atoms with Crippen molar-refractivity contribution in [3.63, 3.8) is 0 Å². The van der Waals surface area contributed by atoms with Crippen molar-refractivity contribution in [2.75, 3.05) is 11.4 Å². The van der Waals surface area contributed by atoms with Gasteiger partial charge in [-0.2, -0.15) is 5.10 Å². The summed E-state index contributed by atoms with van der Waals surface area (Å²) in [5.41, 5.74) is 3.68. The average Bonchev–Trinajstić information content (AvgIpc) is 3.37. The van der Waals surface area contributed by atoms with Crippen molar-refractivity contribution in [2.24, 2.45) is 7.05 Å².